The molecule has 14 heavy (non-hydrogen) atoms. The van der Waals surface area contributed by atoms with E-state index in [9.17, 15) is 4.79 Å². The third-order valence-corrected chi connectivity index (χ3v) is 2.73. The van der Waals surface area contributed by atoms with Gasteiger partial charge in [0.25, 0.3) is 0 Å². The highest BCUT2D eigenvalue weighted by Crippen LogP contribution is 2.36. The Morgan fingerprint density at radius 1 is 1.43 bits per heavy atom. The second kappa shape index (κ2) is 2.68. The molecule has 0 amide bonds. The van der Waals surface area contributed by atoms with Crippen molar-refractivity contribution in [1.82, 2.24) is 0 Å². The Labute approximate surface area is 83.2 Å². The van der Waals surface area contributed by atoms with Crippen LogP contribution in [-0.4, -0.2) is 5.78 Å². The highest BCUT2D eigenvalue weighted by molar-refractivity contribution is 6.04. The fourth-order valence-electron chi connectivity index (χ4n) is 1.93. The van der Waals surface area contributed by atoms with Crippen LogP contribution >= 0.6 is 0 Å². The minimum Gasteiger partial charge on any atom is -0.294 e. The first-order valence-electron chi connectivity index (χ1n) is 4.62. The lowest BCUT2D eigenvalue weighted by molar-refractivity contribution is 0.0863. The third kappa shape index (κ3) is 1.13. The molecule has 0 spiro atoms. The molecule has 0 aromatic heterocycles. The molecule has 2 heteroatoms. The minimum atomic E-state index is -0.295. The van der Waals surface area contributed by atoms with Gasteiger partial charge in [0.15, 0.2) is 5.78 Å². The Morgan fingerprint density at radius 3 is 2.79 bits per heavy atom. The van der Waals surface area contributed by atoms with Crippen molar-refractivity contribution >= 4 is 5.78 Å². The Kier molecular flexibility index (Phi) is 1.72. The summed E-state index contributed by atoms with van der Waals surface area (Å²) in [4.78, 5) is 11.9. The van der Waals surface area contributed by atoms with Crippen molar-refractivity contribution in [2.24, 2.45) is 5.41 Å². The maximum Gasteiger partial charge on any atom is 0.169 e. The molecule has 0 unspecified atom stereocenters. The van der Waals surface area contributed by atoms with Crippen LogP contribution in [-0.2, 0) is 6.42 Å². The van der Waals surface area contributed by atoms with Gasteiger partial charge in [0.05, 0.1) is 11.6 Å². The fourth-order valence-corrected chi connectivity index (χ4v) is 1.93. The standard InChI is InChI=1S/C12H11NO/c1-12(2)6-9-4-3-8(7-13)5-10(9)11(12)14/h3-5H,6H2,1-2H3. The molecule has 0 saturated heterocycles. The molecule has 2 rings (SSSR count). The van der Waals surface area contributed by atoms with E-state index in [-0.39, 0.29) is 11.2 Å². The molecule has 0 aliphatic heterocycles. The van der Waals surface area contributed by atoms with Crippen LogP contribution < -0.4 is 0 Å². The molecular weight excluding hydrogens is 174 g/mol. The van der Waals surface area contributed by atoms with Crippen molar-refractivity contribution in [2.75, 3.05) is 0 Å². The maximum absolute atomic E-state index is 11.9. The Morgan fingerprint density at radius 2 is 2.14 bits per heavy atom. The van der Waals surface area contributed by atoms with Crippen LogP contribution in [0, 0.1) is 16.7 Å². The van der Waals surface area contributed by atoms with Gasteiger partial charge in [0.2, 0.25) is 0 Å². The normalized spacial score (nSPS) is 17.6. The molecule has 0 radical (unpaired) electrons. The largest absolute Gasteiger partial charge is 0.294 e. The number of hydrogen-bond acceptors (Lipinski definition) is 2. The lowest BCUT2D eigenvalue weighted by atomic mass is 9.89. The highest BCUT2D eigenvalue weighted by Gasteiger charge is 2.37. The minimum absolute atomic E-state index is 0.157. The van der Waals surface area contributed by atoms with E-state index in [1.54, 1.807) is 12.1 Å². The molecule has 1 aromatic carbocycles. The lowest BCUT2D eigenvalue weighted by Gasteiger charge is -2.12. The molecule has 2 nitrogen and oxygen atoms in total. The molecule has 0 bridgehead atoms. The first kappa shape index (κ1) is 8.96. The summed E-state index contributed by atoms with van der Waals surface area (Å²) >= 11 is 0. The first-order valence-corrected chi connectivity index (χ1v) is 4.62. The molecule has 1 aliphatic rings. The summed E-state index contributed by atoms with van der Waals surface area (Å²) in [5.41, 5.74) is 2.07. The Hall–Kier alpha value is -1.62. The number of hydrogen-bond donors (Lipinski definition) is 0. The number of benzene rings is 1. The summed E-state index contributed by atoms with van der Waals surface area (Å²) in [7, 11) is 0. The van der Waals surface area contributed by atoms with Crippen LogP contribution in [0.15, 0.2) is 18.2 Å². The fraction of sp³-hybridized carbons (Fsp3) is 0.333. The topological polar surface area (TPSA) is 40.9 Å². The molecule has 1 aliphatic carbocycles. The van der Waals surface area contributed by atoms with Crippen molar-refractivity contribution in [1.29, 1.82) is 5.26 Å². The number of carbonyl (C=O) groups excluding carboxylic acids is 1. The van der Waals surface area contributed by atoms with Crippen molar-refractivity contribution < 1.29 is 4.79 Å². The second-order valence-corrected chi connectivity index (χ2v) is 4.37. The predicted octanol–water partition coefficient (Wildman–Crippen LogP) is 2.32. The zero-order valence-electron chi connectivity index (χ0n) is 8.29. The molecule has 0 fully saturated rings. The molecule has 0 N–H and O–H groups in total. The molecule has 1 aromatic rings. The van der Waals surface area contributed by atoms with Crippen LogP contribution in [0.25, 0.3) is 0 Å². The van der Waals surface area contributed by atoms with E-state index >= 15 is 0 Å². The average Bonchev–Trinajstić information content (AvgIpc) is 2.38. The number of Topliss-reactive ketones (excluding diaryl/α,β-unsaturated/α-hetero) is 1. The highest BCUT2D eigenvalue weighted by atomic mass is 16.1. The van der Waals surface area contributed by atoms with E-state index in [0.717, 1.165) is 17.5 Å². The zero-order chi connectivity index (χ0) is 10.3. The summed E-state index contributed by atoms with van der Waals surface area (Å²) in [5.74, 6) is 0.157. The Balaban J connectivity index is 2.57. The summed E-state index contributed by atoms with van der Waals surface area (Å²) in [6, 6.07) is 7.41. The van der Waals surface area contributed by atoms with E-state index in [1.807, 2.05) is 19.9 Å². The van der Waals surface area contributed by atoms with Crippen molar-refractivity contribution in [3.05, 3.63) is 34.9 Å². The zero-order valence-corrected chi connectivity index (χ0v) is 8.29. The number of ketones is 1. The van der Waals surface area contributed by atoms with Crippen LogP contribution in [0.1, 0.15) is 35.3 Å². The first-order chi connectivity index (χ1) is 6.54. The average molecular weight is 185 g/mol. The van der Waals surface area contributed by atoms with Gasteiger partial charge in [-0.25, -0.2) is 0 Å². The number of rotatable bonds is 0. The number of fused-ring (bicyclic) bond motifs is 1. The van der Waals surface area contributed by atoms with Crippen molar-refractivity contribution in [2.45, 2.75) is 20.3 Å². The van der Waals surface area contributed by atoms with Gasteiger partial charge >= 0.3 is 0 Å². The summed E-state index contributed by atoms with van der Waals surface area (Å²) in [5, 5.41) is 8.72. The quantitative estimate of drug-likeness (QED) is 0.622. The van der Waals surface area contributed by atoms with Gasteiger partial charge in [0.1, 0.15) is 0 Å². The second-order valence-electron chi connectivity index (χ2n) is 4.37. The Bertz CT molecular complexity index is 452. The van der Waals surface area contributed by atoms with E-state index in [4.69, 9.17) is 5.26 Å². The van der Waals surface area contributed by atoms with Crippen LogP contribution in [0.4, 0.5) is 0 Å². The molecule has 0 atom stereocenters. The van der Waals surface area contributed by atoms with Crippen molar-refractivity contribution in [3.63, 3.8) is 0 Å². The number of carbonyl (C=O) groups is 1. The predicted molar refractivity (Wildman–Crippen MR) is 53.0 cm³/mol. The monoisotopic (exact) mass is 185 g/mol. The van der Waals surface area contributed by atoms with Gasteiger partial charge in [-0.3, -0.25) is 4.79 Å². The number of nitrogens with zero attached hydrogens (tertiary/aromatic N) is 1. The van der Waals surface area contributed by atoms with Gasteiger partial charge in [-0.2, -0.15) is 5.26 Å². The van der Waals surface area contributed by atoms with Gasteiger partial charge in [-0.05, 0) is 24.1 Å². The van der Waals surface area contributed by atoms with E-state index < -0.39 is 0 Å². The molecule has 0 heterocycles. The van der Waals surface area contributed by atoms with Crippen LogP contribution in [0.3, 0.4) is 0 Å². The summed E-state index contributed by atoms with van der Waals surface area (Å²) in [6.45, 7) is 3.89. The van der Waals surface area contributed by atoms with E-state index in [1.165, 1.54) is 0 Å². The van der Waals surface area contributed by atoms with Gasteiger partial charge < -0.3 is 0 Å². The van der Waals surface area contributed by atoms with Gasteiger partial charge in [-0.15, -0.1) is 0 Å². The van der Waals surface area contributed by atoms with Crippen molar-refractivity contribution in [3.8, 4) is 6.07 Å². The summed E-state index contributed by atoms with van der Waals surface area (Å²) < 4.78 is 0. The van der Waals surface area contributed by atoms with E-state index in [2.05, 4.69) is 6.07 Å². The molecule has 70 valence electrons. The van der Waals surface area contributed by atoms with E-state index in [0.29, 0.717) is 5.56 Å². The van der Waals surface area contributed by atoms with Gasteiger partial charge in [0, 0.05) is 11.0 Å². The maximum atomic E-state index is 11.9. The van der Waals surface area contributed by atoms with Crippen LogP contribution in [0.5, 0.6) is 0 Å². The number of nitriles is 1. The smallest absolute Gasteiger partial charge is 0.169 e. The van der Waals surface area contributed by atoms with Crippen LogP contribution in [0.2, 0.25) is 0 Å². The van der Waals surface area contributed by atoms with Gasteiger partial charge in [-0.1, -0.05) is 19.9 Å². The molecule has 0 saturated carbocycles. The summed E-state index contributed by atoms with van der Waals surface area (Å²) in [6.07, 6.45) is 0.785. The lowest BCUT2D eigenvalue weighted by Crippen LogP contribution is -2.18. The SMILES string of the molecule is CC1(C)Cc2ccc(C#N)cc2C1=O. The third-order valence-electron chi connectivity index (χ3n) is 2.73. The molecular formula is C12H11NO.